The van der Waals surface area contributed by atoms with Crippen LogP contribution in [0.2, 0.25) is 0 Å². The van der Waals surface area contributed by atoms with Gasteiger partial charge in [0.2, 0.25) is 0 Å². The van der Waals surface area contributed by atoms with Crippen LogP contribution in [0.4, 0.5) is 0 Å². The van der Waals surface area contributed by atoms with Gasteiger partial charge < -0.3 is 0 Å². The normalized spacial score (nSPS) is 19.6. The highest BCUT2D eigenvalue weighted by molar-refractivity contribution is 5.90. The molecule has 6 heteroatoms. The molecule has 2 aromatic rings. The van der Waals surface area contributed by atoms with E-state index in [-0.39, 0.29) is 0 Å². The predicted octanol–water partition coefficient (Wildman–Crippen LogP) is 3.81. The Morgan fingerprint density at radius 2 is 2.00 bits per heavy atom. The Bertz CT molecular complexity index is 912. The number of amides is 1. The molecule has 6 nitrogen and oxygen atoms in total. The highest BCUT2D eigenvalue weighted by atomic mass is 16.5. The zero-order chi connectivity index (χ0) is 21.1. The highest BCUT2D eigenvalue weighted by Crippen LogP contribution is 2.33. The van der Waals surface area contributed by atoms with Crippen LogP contribution in [-0.2, 0) is 17.8 Å². The van der Waals surface area contributed by atoms with Gasteiger partial charge in [-0.2, -0.15) is 5.10 Å². The van der Waals surface area contributed by atoms with Gasteiger partial charge in [0.25, 0.3) is 5.91 Å². The molecule has 1 amide bonds. The van der Waals surface area contributed by atoms with Crippen molar-refractivity contribution in [3.8, 4) is 0 Å². The molecule has 30 heavy (non-hydrogen) atoms. The summed E-state index contributed by atoms with van der Waals surface area (Å²) in [7, 11) is 0. The van der Waals surface area contributed by atoms with Gasteiger partial charge in [-0.05, 0) is 81.2 Å². The molecule has 1 saturated heterocycles. The summed E-state index contributed by atoms with van der Waals surface area (Å²) in [5.74, 6) is 0.321. The zero-order valence-corrected chi connectivity index (χ0v) is 18.0. The van der Waals surface area contributed by atoms with Crippen molar-refractivity contribution in [3.05, 3.63) is 58.4 Å². The average Bonchev–Trinajstić information content (AvgIpc) is 3.38. The molecule has 2 aliphatic rings. The number of rotatable bonds is 8. The fraction of sp³-hybridized carbons (Fsp3) is 0.500. The minimum Gasteiger partial charge on any atom is -0.296 e. The Labute approximate surface area is 178 Å². The summed E-state index contributed by atoms with van der Waals surface area (Å²) in [6.45, 7) is 7.65. The first-order valence-electron chi connectivity index (χ1n) is 11.0. The van der Waals surface area contributed by atoms with E-state index in [1.807, 2.05) is 12.1 Å². The molecule has 1 unspecified atom stereocenters. The van der Waals surface area contributed by atoms with E-state index in [0.717, 1.165) is 37.5 Å². The lowest BCUT2D eigenvalue weighted by Crippen LogP contribution is -2.26. The van der Waals surface area contributed by atoms with Crippen LogP contribution in [0.3, 0.4) is 0 Å². The number of nitrogens with zero attached hydrogens (tertiary/aromatic N) is 3. The Hall–Kier alpha value is -2.44. The number of carbonyl (C=O) groups excluding carboxylic acids is 1. The van der Waals surface area contributed by atoms with E-state index in [2.05, 4.69) is 35.6 Å². The van der Waals surface area contributed by atoms with Crippen molar-refractivity contribution in [2.24, 2.45) is 5.92 Å². The molecule has 1 atom stereocenters. The summed E-state index contributed by atoms with van der Waals surface area (Å²) in [4.78, 5) is 13.7. The summed E-state index contributed by atoms with van der Waals surface area (Å²) in [6, 6.07) is 8.82. The Balaban J connectivity index is 1.39. The van der Waals surface area contributed by atoms with Gasteiger partial charge in [-0.15, -0.1) is 0 Å². The molecule has 1 saturated carbocycles. The first kappa shape index (κ1) is 20.8. The maximum Gasteiger partial charge on any atom is 0.267 e. The number of hydroxylamine groups is 1. The van der Waals surface area contributed by atoms with Gasteiger partial charge in [0.15, 0.2) is 0 Å². The molecule has 2 N–H and O–H groups in total. The van der Waals surface area contributed by atoms with Gasteiger partial charge in [0.05, 0.1) is 5.69 Å². The van der Waals surface area contributed by atoms with E-state index in [9.17, 15) is 4.79 Å². The number of hydrogen-bond donors (Lipinski definition) is 2. The molecule has 0 radical (unpaired) electrons. The number of benzene rings is 1. The van der Waals surface area contributed by atoms with Gasteiger partial charge in [0, 0.05) is 30.9 Å². The molecule has 2 fully saturated rings. The molecule has 0 spiro atoms. The number of nitrogens with one attached hydrogen (secondary N) is 1. The standard InChI is InChI=1S/C24H32N4O2/c1-17-22(18(2)28(25-17)16-20-5-6-20)13-15-27-14-3-4-23(27)21-10-7-19(8-11-21)9-12-24(29)26-30/h7-12,20,23,30H,3-6,13-16H2,1-2H3,(H,26,29). The van der Waals surface area contributed by atoms with Crippen molar-refractivity contribution >= 4 is 12.0 Å². The quantitative estimate of drug-likeness (QED) is 0.396. The molecule has 4 rings (SSSR count). The van der Waals surface area contributed by atoms with E-state index < -0.39 is 5.91 Å². The van der Waals surface area contributed by atoms with Gasteiger partial charge >= 0.3 is 0 Å². The second-order valence-corrected chi connectivity index (χ2v) is 8.69. The molecular weight excluding hydrogens is 376 g/mol. The Morgan fingerprint density at radius 3 is 2.70 bits per heavy atom. The summed E-state index contributed by atoms with van der Waals surface area (Å²) in [6.07, 6.45) is 9.19. The van der Waals surface area contributed by atoms with Crippen molar-refractivity contribution in [2.45, 2.75) is 58.5 Å². The van der Waals surface area contributed by atoms with Crippen molar-refractivity contribution < 1.29 is 10.0 Å². The van der Waals surface area contributed by atoms with Crippen LogP contribution in [0.25, 0.3) is 6.08 Å². The smallest absolute Gasteiger partial charge is 0.267 e. The van der Waals surface area contributed by atoms with E-state index in [0.29, 0.717) is 6.04 Å². The van der Waals surface area contributed by atoms with Crippen molar-refractivity contribution in [3.63, 3.8) is 0 Å². The Morgan fingerprint density at radius 1 is 1.23 bits per heavy atom. The predicted molar refractivity (Wildman–Crippen MR) is 117 cm³/mol. The minimum absolute atomic E-state index is 0.450. The van der Waals surface area contributed by atoms with E-state index in [1.165, 1.54) is 54.3 Å². The second kappa shape index (κ2) is 9.14. The van der Waals surface area contributed by atoms with Crippen LogP contribution < -0.4 is 5.48 Å². The van der Waals surface area contributed by atoms with Crippen LogP contribution in [0.15, 0.2) is 30.3 Å². The molecule has 1 aromatic carbocycles. The number of carbonyl (C=O) groups is 1. The Kier molecular flexibility index (Phi) is 6.35. The number of aromatic nitrogens is 2. The summed E-state index contributed by atoms with van der Waals surface area (Å²) in [5, 5.41) is 13.4. The van der Waals surface area contributed by atoms with Crippen LogP contribution in [-0.4, -0.2) is 38.9 Å². The third-order valence-electron chi connectivity index (χ3n) is 6.53. The van der Waals surface area contributed by atoms with Gasteiger partial charge in [0.1, 0.15) is 0 Å². The first-order chi connectivity index (χ1) is 14.5. The number of hydrogen-bond acceptors (Lipinski definition) is 4. The summed E-state index contributed by atoms with van der Waals surface area (Å²) in [5.41, 5.74) is 7.83. The maximum atomic E-state index is 11.1. The third-order valence-corrected chi connectivity index (χ3v) is 6.53. The molecule has 160 valence electrons. The van der Waals surface area contributed by atoms with Crippen LogP contribution in [0, 0.1) is 19.8 Å². The summed E-state index contributed by atoms with van der Waals surface area (Å²) < 4.78 is 2.23. The number of likely N-dealkylation sites (tertiary alicyclic amines) is 1. The van der Waals surface area contributed by atoms with Gasteiger partial charge in [-0.25, -0.2) is 5.48 Å². The lowest BCUT2D eigenvalue weighted by molar-refractivity contribution is -0.124. The van der Waals surface area contributed by atoms with E-state index >= 15 is 0 Å². The topological polar surface area (TPSA) is 70.4 Å². The maximum absolute atomic E-state index is 11.1. The molecule has 1 aromatic heterocycles. The first-order valence-corrected chi connectivity index (χ1v) is 11.0. The molecule has 1 aliphatic carbocycles. The highest BCUT2D eigenvalue weighted by Gasteiger charge is 2.27. The van der Waals surface area contributed by atoms with Crippen LogP contribution in [0.5, 0.6) is 0 Å². The van der Waals surface area contributed by atoms with E-state index in [4.69, 9.17) is 10.3 Å². The lowest BCUT2D eigenvalue weighted by atomic mass is 10.0. The number of aryl methyl sites for hydroxylation is 1. The second-order valence-electron chi connectivity index (χ2n) is 8.69. The van der Waals surface area contributed by atoms with Gasteiger partial charge in [-0.3, -0.25) is 19.6 Å². The average molecular weight is 409 g/mol. The van der Waals surface area contributed by atoms with Crippen molar-refractivity contribution in [1.82, 2.24) is 20.2 Å². The van der Waals surface area contributed by atoms with Crippen molar-refractivity contribution in [2.75, 3.05) is 13.1 Å². The van der Waals surface area contributed by atoms with Gasteiger partial charge in [-0.1, -0.05) is 24.3 Å². The van der Waals surface area contributed by atoms with Crippen LogP contribution in [0.1, 0.15) is 59.8 Å². The molecule has 1 aliphatic heterocycles. The lowest BCUT2D eigenvalue weighted by Gasteiger charge is -2.25. The zero-order valence-electron chi connectivity index (χ0n) is 18.0. The fourth-order valence-electron chi connectivity index (χ4n) is 4.58. The third kappa shape index (κ3) is 4.82. The SMILES string of the molecule is Cc1nn(CC2CC2)c(C)c1CCN1CCCC1c1ccc(C=CC(=O)NO)cc1. The molecule has 2 heterocycles. The van der Waals surface area contributed by atoms with E-state index in [1.54, 1.807) is 11.6 Å². The largest absolute Gasteiger partial charge is 0.296 e. The van der Waals surface area contributed by atoms with Crippen LogP contribution >= 0.6 is 0 Å². The monoisotopic (exact) mass is 408 g/mol. The molecule has 0 bridgehead atoms. The minimum atomic E-state index is -0.521. The van der Waals surface area contributed by atoms with Crippen molar-refractivity contribution in [1.29, 1.82) is 0 Å². The molecular formula is C24H32N4O2. The summed E-state index contributed by atoms with van der Waals surface area (Å²) >= 11 is 0. The fourth-order valence-corrected chi connectivity index (χ4v) is 4.58.